The van der Waals surface area contributed by atoms with Gasteiger partial charge in [0, 0.05) is 0 Å². The Labute approximate surface area is 290 Å². The van der Waals surface area contributed by atoms with Crippen molar-refractivity contribution in [2.45, 2.75) is 0 Å². The molecule has 0 aromatic heterocycles. The molecule has 0 atom stereocenters. The van der Waals surface area contributed by atoms with Crippen molar-refractivity contribution >= 4 is 53.9 Å². The highest BCUT2D eigenvalue weighted by Gasteiger charge is 2.31. The van der Waals surface area contributed by atoms with Crippen molar-refractivity contribution in [2.75, 3.05) is 0 Å². The minimum atomic E-state index is 1.23. The maximum Gasteiger partial charge on any atom is -0.000719 e. The zero-order chi connectivity index (χ0) is 32.8. The molecule has 0 aliphatic heterocycles. The smallest absolute Gasteiger partial charge is 0.000719 e. The van der Waals surface area contributed by atoms with Crippen LogP contribution < -0.4 is 0 Å². The fraction of sp³-hybridized carbons (Fsp3) is 0. The summed E-state index contributed by atoms with van der Waals surface area (Å²) in [6.45, 7) is 0. The highest BCUT2D eigenvalue weighted by Crippen LogP contribution is 2.59. The number of hydrogen-bond acceptors (Lipinski definition) is 0. The van der Waals surface area contributed by atoms with Gasteiger partial charge in [0.25, 0.3) is 0 Å². The van der Waals surface area contributed by atoms with Crippen molar-refractivity contribution < 1.29 is 0 Å². The summed E-state index contributed by atoms with van der Waals surface area (Å²) >= 11 is 0. The lowest BCUT2D eigenvalue weighted by Crippen LogP contribution is -1.94. The first-order chi connectivity index (χ1) is 24.8. The highest BCUT2D eigenvalue weighted by molar-refractivity contribution is 6.31. The van der Waals surface area contributed by atoms with E-state index in [9.17, 15) is 0 Å². The van der Waals surface area contributed by atoms with Gasteiger partial charge in [0.2, 0.25) is 0 Å². The second-order valence-electron chi connectivity index (χ2n) is 13.6. The molecule has 0 amide bonds. The summed E-state index contributed by atoms with van der Waals surface area (Å²) in [6, 6.07) is 67.5. The molecule has 1 aliphatic carbocycles. The van der Waals surface area contributed by atoms with Gasteiger partial charge in [-0.15, -0.1) is 0 Å². The molecule has 230 valence electrons. The topological polar surface area (TPSA) is 0 Å². The molecule has 0 heteroatoms. The highest BCUT2D eigenvalue weighted by atomic mass is 14.3. The summed E-state index contributed by atoms with van der Waals surface area (Å²) in [6.07, 6.45) is 0. The van der Waals surface area contributed by atoms with E-state index in [1.165, 1.54) is 109 Å². The van der Waals surface area contributed by atoms with E-state index in [1.807, 2.05) is 0 Å². The first-order valence-electron chi connectivity index (χ1n) is 17.4. The van der Waals surface area contributed by atoms with Crippen LogP contribution in [0.3, 0.4) is 0 Å². The Bertz CT molecular complexity index is 3000. The Hall–Kier alpha value is -6.50. The van der Waals surface area contributed by atoms with Crippen LogP contribution in [0.5, 0.6) is 0 Å². The lowest BCUT2D eigenvalue weighted by Gasteiger charge is -2.21. The average molecular weight is 631 g/mol. The summed E-state index contributed by atoms with van der Waals surface area (Å²) in [5.74, 6) is 0. The van der Waals surface area contributed by atoms with Crippen molar-refractivity contribution in [3.8, 4) is 55.6 Å². The lowest BCUT2D eigenvalue weighted by molar-refractivity contribution is 1.62. The van der Waals surface area contributed by atoms with Crippen LogP contribution in [0.25, 0.3) is 109 Å². The fourth-order valence-electron chi connectivity index (χ4n) is 8.87. The first kappa shape index (κ1) is 27.5. The van der Waals surface area contributed by atoms with E-state index in [-0.39, 0.29) is 0 Å². The molecule has 10 aromatic carbocycles. The molecular formula is C50H30. The third-order valence-electron chi connectivity index (χ3n) is 10.9. The van der Waals surface area contributed by atoms with Crippen LogP contribution in [0, 0.1) is 0 Å². The van der Waals surface area contributed by atoms with E-state index < -0.39 is 0 Å². The van der Waals surface area contributed by atoms with Crippen LogP contribution in [0.15, 0.2) is 182 Å². The third-order valence-corrected chi connectivity index (χ3v) is 10.9. The molecular weight excluding hydrogens is 601 g/mol. The molecule has 50 heavy (non-hydrogen) atoms. The van der Waals surface area contributed by atoms with Crippen LogP contribution in [0.2, 0.25) is 0 Å². The van der Waals surface area contributed by atoms with Gasteiger partial charge in [0.05, 0.1) is 0 Å². The molecule has 10 aromatic rings. The maximum atomic E-state index is 2.47. The van der Waals surface area contributed by atoms with Crippen molar-refractivity contribution in [3.05, 3.63) is 182 Å². The van der Waals surface area contributed by atoms with E-state index in [4.69, 9.17) is 0 Å². The normalized spacial score (nSPS) is 12.0. The van der Waals surface area contributed by atoms with E-state index in [0.29, 0.717) is 0 Å². The minimum Gasteiger partial charge on any atom is -0.0622 e. The van der Waals surface area contributed by atoms with Crippen molar-refractivity contribution in [1.29, 1.82) is 0 Å². The van der Waals surface area contributed by atoms with Crippen LogP contribution in [0.1, 0.15) is 0 Å². The van der Waals surface area contributed by atoms with E-state index in [1.54, 1.807) is 0 Å². The molecule has 0 N–H and O–H groups in total. The molecule has 0 bridgehead atoms. The standard InChI is InChI=1S/C50H30/c1-3-14-31(15-4-1)46-41-27-26-35(43-28-33-18-7-9-20-36(33)38-22-11-12-23-39(38)43)29-44(41)47(32-16-5-2-6-17-32)49-42-25-13-24-40-37-21-10-8-19-34(37)30-45(48(40)42)50(46)49/h1-30H. The average Bonchev–Trinajstić information content (AvgIpc) is 3.51. The Morgan fingerprint density at radius 3 is 1.44 bits per heavy atom. The second-order valence-corrected chi connectivity index (χ2v) is 13.6. The van der Waals surface area contributed by atoms with Crippen molar-refractivity contribution in [1.82, 2.24) is 0 Å². The van der Waals surface area contributed by atoms with Gasteiger partial charge in [-0.25, -0.2) is 0 Å². The molecule has 0 saturated heterocycles. The van der Waals surface area contributed by atoms with Crippen LogP contribution in [-0.4, -0.2) is 0 Å². The molecule has 0 fully saturated rings. The van der Waals surface area contributed by atoms with Crippen LogP contribution >= 0.6 is 0 Å². The zero-order valence-corrected chi connectivity index (χ0v) is 27.3. The quantitative estimate of drug-likeness (QED) is 0.170. The van der Waals surface area contributed by atoms with Gasteiger partial charge >= 0.3 is 0 Å². The number of fused-ring (bicyclic) bond motifs is 9. The third kappa shape index (κ3) is 3.82. The monoisotopic (exact) mass is 630 g/mol. The Kier molecular flexibility index (Phi) is 5.76. The predicted molar refractivity (Wildman–Crippen MR) is 215 cm³/mol. The maximum absolute atomic E-state index is 2.47. The largest absolute Gasteiger partial charge is 0.0622 e. The van der Waals surface area contributed by atoms with E-state index >= 15 is 0 Å². The van der Waals surface area contributed by atoms with Crippen LogP contribution in [0.4, 0.5) is 0 Å². The fourth-order valence-corrected chi connectivity index (χ4v) is 8.87. The van der Waals surface area contributed by atoms with Gasteiger partial charge in [-0.3, -0.25) is 0 Å². The summed E-state index contributed by atoms with van der Waals surface area (Å²) in [7, 11) is 0. The minimum absolute atomic E-state index is 1.23. The Balaban J connectivity index is 1.34. The van der Waals surface area contributed by atoms with E-state index in [2.05, 4.69) is 182 Å². The zero-order valence-electron chi connectivity index (χ0n) is 27.3. The van der Waals surface area contributed by atoms with Gasteiger partial charge in [-0.1, -0.05) is 164 Å². The van der Waals surface area contributed by atoms with Gasteiger partial charge in [0.15, 0.2) is 0 Å². The summed E-state index contributed by atoms with van der Waals surface area (Å²) < 4.78 is 0. The predicted octanol–water partition coefficient (Wildman–Crippen LogP) is 14.1. The van der Waals surface area contributed by atoms with Gasteiger partial charge in [-0.05, 0) is 128 Å². The molecule has 0 radical (unpaired) electrons. The summed E-state index contributed by atoms with van der Waals surface area (Å²) in [5.41, 5.74) is 12.9. The molecule has 0 nitrogen and oxygen atoms in total. The Morgan fingerprint density at radius 2 is 0.740 bits per heavy atom. The number of rotatable bonds is 3. The second kappa shape index (κ2) is 10.5. The SMILES string of the molecule is c1ccc(-c2c3c(c(-c4ccccc4)c4cc(-c5cc6ccccc6c6ccccc56)ccc24)-c2cccc4c2c-3cc2ccccc24)cc1. The molecule has 0 spiro atoms. The molecule has 0 heterocycles. The van der Waals surface area contributed by atoms with Crippen molar-refractivity contribution in [2.24, 2.45) is 0 Å². The lowest BCUT2D eigenvalue weighted by atomic mass is 9.81. The van der Waals surface area contributed by atoms with Gasteiger partial charge in [0.1, 0.15) is 0 Å². The summed E-state index contributed by atoms with van der Waals surface area (Å²) in [5, 5.41) is 12.9. The van der Waals surface area contributed by atoms with E-state index in [0.717, 1.165) is 0 Å². The first-order valence-corrected chi connectivity index (χ1v) is 17.4. The van der Waals surface area contributed by atoms with Gasteiger partial charge in [-0.2, -0.15) is 0 Å². The molecule has 1 aliphatic rings. The Morgan fingerprint density at radius 1 is 0.220 bits per heavy atom. The van der Waals surface area contributed by atoms with Gasteiger partial charge < -0.3 is 0 Å². The molecule has 11 rings (SSSR count). The number of hydrogen-bond donors (Lipinski definition) is 0. The van der Waals surface area contributed by atoms with Crippen LogP contribution in [-0.2, 0) is 0 Å². The number of benzene rings is 10. The summed E-state index contributed by atoms with van der Waals surface area (Å²) in [4.78, 5) is 0. The van der Waals surface area contributed by atoms with Crippen molar-refractivity contribution in [3.63, 3.8) is 0 Å². The molecule has 0 saturated carbocycles. The molecule has 0 unspecified atom stereocenters.